The highest BCUT2D eigenvalue weighted by atomic mass is 32.2. The molecule has 4 rings (SSSR count). The van der Waals surface area contributed by atoms with E-state index in [0.717, 1.165) is 6.20 Å². The van der Waals surface area contributed by atoms with Gasteiger partial charge in [-0.05, 0) is 18.2 Å². The molecule has 27 heavy (non-hydrogen) atoms. The third-order valence-corrected chi connectivity index (χ3v) is 5.82. The predicted octanol–water partition coefficient (Wildman–Crippen LogP) is 4.50. The summed E-state index contributed by atoms with van der Waals surface area (Å²) >= 11 is 1.33. The number of nitriles is 1. The van der Waals surface area contributed by atoms with E-state index in [-0.39, 0.29) is 0 Å². The topological polar surface area (TPSA) is 78.7 Å². The molecule has 0 aliphatic rings. The molecule has 0 amide bonds. The minimum Gasteiger partial charge on any atom is -0.277 e. The lowest BCUT2D eigenvalue weighted by molar-refractivity contribution is 0.634. The summed E-state index contributed by atoms with van der Waals surface area (Å²) in [4.78, 5) is 8.65. The maximum Gasteiger partial charge on any atom is 0.194 e. The Morgan fingerprint density at radius 1 is 1.15 bits per heavy atom. The van der Waals surface area contributed by atoms with Crippen LogP contribution >= 0.6 is 11.3 Å². The number of nitrogens with one attached hydrogen (secondary N) is 1. The summed E-state index contributed by atoms with van der Waals surface area (Å²) in [5.74, 6) is -0.517. The molecular formula is C19H11FN4OS2. The Kier molecular flexibility index (Phi) is 4.62. The maximum atomic E-state index is 14.4. The molecule has 0 aliphatic heterocycles. The number of hydrogen-bond donors (Lipinski definition) is 1. The first-order valence-corrected chi connectivity index (χ1v) is 9.86. The molecule has 2 aromatic carbocycles. The van der Waals surface area contributed by atoms with Gasteiger partial charge in [0.25, 0.3) is 0 Å². The summed E-state index contributed by atoms with van der Waals surface area (Å²) in [6.45, 7) is 0. The largest absolute Gasteiger partial charge is 0.277 e. The van der Waals surface area contributed by atoms with Crippen LogP contribution in [0.2, 0.25) is 0 Å². The van der Waals surface area contributed by atoms with Gasteiger partial charge in [-0.3, -0.25) is 9.71 Å². The van der Waals surface area contributed by atoms with E-state index < -0.39 is 16.8 Å². The molecule has 1 unspecified atom stereocenters. The van der Waals surface area contributed by atoms with Crippen molar-refractivity contribution in [1.29, 1.82) is 5.26 Å². The monoisotopic (exact) mass is 394 g/mol. The quantitative estimate of drug-likeness (QED) is 0.553. The highest BCUT2D eigenvalue weighted by molar-refractivity contribution is 7.86. The van der Waals surface area contributed by atoms with Crippen LogP contribution in [0.25, 0.3) is 22.0 Å². The highest BCUT2D eigenvalue weighted by Gasteiger charge is 2.15. The van der Waals surface area contributed by atoms with Crippen LogP contribution in [0.3, 0.4) is 0 Å². The van der Waals surface area contributed by atoms with Crippen molar-refractivity contribution in [3.8, 4) is 17.3 Å². The Balaban J connectivity index is 1.82. The molecule has 2 aromatic heterocycles. The van der Waals surface area contributed by atoms with Crippen LogP contribution in [-0.2, 0) is 11.0 Å². The lowest BCUT2D eigenvalue weighted by Crippen LogP contribution is -2.04. The van der Waals surface area contributed by atoms with Crippen molar-refractivity contribution in [2.75, 3.05) is 4.72 Å². The Hall–Kier alpha value is -3.15. The van der Waals surface area contributed by atoms with Crippen molar-refractivity contribution in [3.63, 3.8) is 0 Å². The lowest BCUT2D eigenvalue weighted by atomic mass is 10.00. The van der Waals surface area contributed by atoms with Gasteiger partial charge >= 0.3 is 0 Å². The van der Waals surface area contributed by atoms with Gasteiger partial charge in [-0.1, -0.05) is 24.3 Å². The molecule has 4 aromatic rings. The second kappa shape index (κ2) is 7.23. The first-order valence-electron chi connectivity index (χ1n) is 7.83. The predicted molar refractivity (Wildman–Crippen MR) is 104 cm³/mol. The molecule has 1 atom stereocenters. The van der Waals surface area contributed by atoms with E-state index in [2.05, 4.69) is 20.8 Å². The number of hydrogen-bond acceptors (Lipinski definition) is 5. The lowest BCUT2D eigenvalue weighted by Gasteiger charge is -2.10. The van der Waals surface area contributed by atoms with Crippen LogP contribution in [0.4, 0.5) is 9.52 Å². The maximum absolute atomic E-state index is 14.4. The van der Waals surface area contributed by atoms with Gasteiger partial charge in [0.05, 0.1) is 28.4 Å². The fourth-order valence-corrected chi connectivity index (χ4v) is 4.25. The van der Waals surface area contributed by atoms with E-state index in [9.17, 15) is 13.9 Å². The van der Waals surface area contributed by atoms with Crippen LogP contribution in [-0.4, -0.2) is 14.2 Å². The van der Waals surface area contributed by atoms with Crippen LogP contribution in [0, 0.1) is 17.1 Å². The molecule has 0 saturated carbocycles. The number of benzene rings is 2. The molecular weight excluding hydrogens is 383 g/mol. The number of thiazole rings is 1. The van der Waals surface area contributed by atoms with Crippen molar-refractivity contribution in [2.24, 2.45) is 0 Å². The summed E-state index contributed by atoms with van der Waals surface area (Å²) in [6, 6.07) is 14.0. The number of rotatable bonds is 4. The van der Waals surface area contributed by atoms with E-state index in [4.69, 9.17) is 0 Å². The minimum absolute atomic E-state index is 0.291. The Bertz CT molecular complexity index is 1200. The van der Waals surface area contributed by atoms with Crippen molar-refractivity contribution in [3.05, 3.63) is 71.6 Å². The van der Waals surface area contributed by atoms with Gasteiger partial charge in [-0.25, -0.2) is 13.6 Å². The average Bonchev–Trinajstić information content (AvgIpc) is 3.21. The minimum atomic E-state index is -1.58. The summed E-state index contributed by atoms with van der Waals surface area (Å²) in [6.07, 6.45) is 2.72. The molecule has 0 fully saturated rings. The second-order valence-electron chi connectivity index (χ2n) is 5.53. The van der Waals surface area contributed by atoms with Gasteiger partial charge in [0.2, 0.25) is 0 Å². The third-order valence-electron chi connectivity index (χ3n) is 3.94. The number of halogens is 1. The molecule has 2 heterocycles. The Morgan fingerprint density at radius 2 is 2.00 bits per heavy atom. The van der Waals surface area contributed by atoms with Crippen molar-refractivity contribution in [1.82, 2.24) is 9.97 Å². The van der Waals surface area contributed by atoms with E-state index in [1.165, 1.54) is 17.4 Å². The fraction of sp³-hybridized carbons (Fsp3) is 0. The molecule has 1 N–H and O–H groups in total. The van der Waals surface area contributed by atoms with Crippen LogP contribution in [0.5, 0.6) is 0 Å². The van der Waals surface area contributed by atoms with Crippen molar-refractivity contribution >= 4 is 38.2 Å². The molecule has 8 heteroatoms. The summed E-state index contributed by atoms with van der Waals surface area (Å²) in [5, 5.41) is 12.5. The van der Waals surface area contributed by atoms with Gasteiger partial charge in [-0.15, -0.1) is 11.3 Å². The summed E-state index contributed by atoms with van der Waals surface area (Å²) in [5.41, 5.74) is 1.59. The Morgan fingerprint density at radius 3 is 2.78 bits per heavy atom. The number of fused-ring (bicyclic) bond motifs is 1. The Labute approximate surface area is 160 Å². The standard InChI is InChI=1S/C19H11FN4OS2/c20-17-11-23-18(14-4-2-1-3-12(14)10-21)15-6-5-13(9-16(15)17)27(25)24-19-22-7-8-26-19/h1-9,11H,(H,22,24). The van der Waals surface area contributed by atoms with Crippen molar-refractivity contribution in [2.45, 2.75) is 4.90 Å². The van der Waals surface area contributed by atoms with E-state index in [0.29, 0.717) is 37.6 Å². The average molecular weight is 394 g/mol. The normalized spacial score (nSPS) is 11.9. The van der Waals surface area contributed by atoms with Crippen LogP contribution in [0.15, 0.2) is 65.1 Å². The van der Waals surface area contributed by atoms with E-state index >= 15 is 0 Å². The number of anilines is 1. The summed E-state index contributed by atoms with van der Waals surface area (Å²) in [7, 11) is -1.58. The zero-order chi connectivity index (χ0) is 18.8. The highest BCUT2D eigenvalue weighted by Crippen LogP contribution is 2.31. The zero-order valence-corrected chi connectivity index (χ0v) is 15.4. The molecule has 0 saturated heterocycles. The smallest absolute Gasteiger partial charge is 0.194 e. The van der Waals surface area contributed by atoms with Crippen LogP contribution < -0.4 is 4.72 Å². The molecule has 0 aliphatic carbocycles. The van der Waals surface area contributed by atoms with Gasteiger partial charge in [0.15, 0.2) is 16.1 Å². The first kappa shape index (κ1) is 17.3. The van der Waals surface area contributed by atoms with E-state index in [1.54, 1.807) is 48.0 Å². The molecule has 0 bridgehead atoms. The van der Waals surface area contributed by atoms with Gasteiger partial charge < -0.3 is 0 Å². The summed E-state index contributed by atoms with van der Waals surface area (Å²) < 4.78 is 29.7. The van der Waals surface area contributed by atoms with Gasteiger partial charge in [0.1, 0.15) is 5.82 Å². The number of pyridine rings is 1. The second-order valence-corrected chi connectivity index (χ2v) is 7.64. The molecule has 132 valence electrons. The van der Waals surface area contributed by atoms with E-state index in [1.807, 2.05) is 0 Å². The molecule has 5 nitrogen and oxygen atoms in total. The molecule has 0 radical (unpaired) electrons. The fourth-order valence-electron chi connectivity index (χ4n) is 2.72. The SMILES string of the molecule is N#Cc1ccccc1-c1ncc(F)c2cc(S(=O)Nc3nccs3)ccc12. The number of aromatic nitrogens is 2. The van der Waals surface area contributed by atoms with Gasteiger partial charge in [0, 0.05) is 27.9 Å². The van der Waals surface area contributed by atoms with Crippen LogP contribution in [0.1, 0.15) is 5.56 Å². The van der Waals surface area contributed by atoms with Gasteiger partial charge in [-0.2, -0.15) is 5.26 Å². The zero-order valence-electron chi connectivity index (χ0n) is 13.7. The van der Waals surface area contributed by atoms with Crippen molar-refractivity contribution < 1.29 is 8.60 Å². The first-order chi connectivity index (χ1) is 13.2. The third kappa shape index (κ3) is 3.30. The number of nitrogens with zero attached hydrogens (tertiary/aromatic N) is 3. The molecule has 0 spiro atoms.